The quantitative estimate of drug-likeness (QED) is 0.740. The van der Waals surface area contributed by atoms with Crippen molar-refractivity contribution in [2.75, 3.05) is 0 Å². The Balaban J connectivity index is 3.20. The number of Topliss-reactive ketones (excluding diaryl/α,β-unsaturated/α-hetero) is 1. The molecule has 0 aliphatic heterocycles. The van der Waals surface area contributed by atoms with Crippen LogP contribution in [0.25, 0.3) is 0 Å². The summed E-state index contributed by atoms with van der Waals surface area (Å²) in [6, 6.07) is 3.04. The summed E-state index contributed by atoms with van der Waals surface area (Å²) in [6.07, 6.45) is 1.36. The van der Waals surface area contributed by atoms with Crippen LogP contribution in [0.15, 0.2) is 18.3 Å². The average Bonchev–Trinajstić information content (AvgIpc) is 2.16. The van der Waals surface area contributed by atoms with Crippen LogP contribution in [0.2, 0.25) is 0 Å². The Hall–Kier alpha value is -1.71. The number of pyridine rings is 1. The van der Waals surface area contributed by atoms with Crippen molar-refractivity contribution in [3.63, 3.8) is 0 Å². The molecule has 0 fully saturated rings. The summed E-state index contributed by atoms with van der Waals surface area (Å²) in [4.78, 5) is 26.0. The Bertz CT molecular complexity index is 371. The minimum atomic E-state index is -1.17. The SMILES string of the molecule is CC(C)C(=O)c1cccnc1C(=O)O. The molecule has 0 bridgehead atoms. The highest BCUT2D eigenvalue weighted by Crippen LogP contribution is 2.11. The second kappa shape index (κ2) is 4.00. The molecule has 1 N–H and O–H groups in total. The highest BCUT2D eigenvalue weighted by Gasteiger charge is 2.19. The van der Waals surface area contributed by atoms with Crippen LogP contribution in [0, 0.1) is 5.92 Å². The number of carbonyl (C=O) groups is 2. The summed E-state index contributed by atoms with van der Waals surface area (Å²) in [5, 5.41) is 8.78. The lowest BCUT2D eigenvalue weighted by molar-refractivity contribution is 0.0684. The third kappa shape index (κ3) is 1.96. The first-order chi connectivity index (χ1) is 6.54. The van der Waals surface area contributed by atoms with Crippen LogP contribution in [0.5, 0.6) is 0 Å². The monoisotopic (exact) mass is 193 g/mol. The normalized spacial score (nSPS) is 10.2. The van der Waals surface area contributed by atoms with E-state index in [0.717, 1.165) is 0 Å². The van der Waals surface area contributed by atoms with E-state index < -0.39 is 5.97 Å². The summed E-state index contributed by atoms with van der Waals surface area (Å²) in [7, 11) is 0. The second-order valence-corrected chi connectivity index (χ2v) is 3.22. The van der Waals surface area contributed by atoms with E-state index in [1.54, 1.807) is 19.9 Å². The van der Waals surface area contributed by atoms with Crippen molar-refractivity contribution >= 4 is 11.8 Å². The number of carbonyl (C=O) groups excluding carboxylic acids is 1. The summed E-state index contributed by atoms with van der Waals surface area (Å²) in [5.74, 6) is -1.59. The first kappa shape index (κ1) is 10.4. The molecule has 1 heterocycles. The number of carboxylic acids is 1. The van der Waals surface area contributed by atoms with Crippen LogP contribution in [0.1, 0.15) is 34.7 Å². The first-order valence-electron chi connectivity index (χ1n) is 4.26. The van der Waals surface area contributed by atoms with Gasteiger partial charge in [-0.2, -0.15) is 0 Å². The molecule has 1 rings (SSSR count). The number of hydrogen-bond acceptors (Lipinski definition) is 3. The number of ketones is 1. The van der Waals surface area contributed by atoms with E-state index in [-0.39, 0.29) is 23.0 Å². The molecule has 0 aromatic carbocycles. The Kier molecular flexibility index (Phi) is 2.96. The van der Waals surface area contributed by atoms with E-state index in [0.29, 0.717) is 0 Å². The minimum absolute atomic E-state index is 0.175. The summed E-state index contributed by atoms with van der Waals surface area (Å²) < 4.78 is 0. The fourth-order valence-corrected chi connectivity index (χ4v) is 1.09. The minimum Gasteiger partial charge on any atom is -0.476 e. The molecule has 0 saturated heterocycles. The maximum atomic E-state index is 11.6. The zero-order chi connectivity index (χ0) is 10.7. The van der Waals surface area contributed by atoms with Crippen molar-refractivity contribution in [1.82, 2.24) is 4.98 Å². The summed E-state index contributed by atoms with van der Waals surface area (Å²) in [6.45, 7) is 3.45. The number of nitrogens with zero attached hydrogens (tertiary/aromatic N) is 1. The predicted molar refractivity (Wildman–Crippen MR) is 50.4 cm³/mol. The molecule has 1 aromatic rings. The van der Waals surface area contributed by atoms with Crippen molar-refractivity contribution in [3.8, 4) is 0 Å². The van der Waals surface area contributed by atoms with Crippen molar-refractivity contribution in [3.05, 3.63) is 29.6 Å². The molecule has 0 saturated carbocycles. The first-order valence-corrected chi connectivity index (χ1v) is 4.26. The van der Waals surface area contributed by atoms with E-state index in [2.05, 4.69) is 4.98 Å². The molecule has 4 nitrogen and oxygen atoms in total. The maximum absolute atomic E-state index is 11.6. The molecule has 74 valence electrons. The van der Waals surface area contributed by atoms with Crippen LogP contribution in [0.4, 0.5) is 0 Å². The number of aromatic nitrogens is 1. The van der Waals surface area contributed by atoms with E-state index >= 15 is 0 Å². The molecule has 0 aliphatic rings. The van der Waals surface area contributed by atoms with Gasteiger partial charge in [-0.3, -0.25) is 4.79 Å². The Morgan fingerprint density at radius 3 is 2.57 bits per heavy atom. The largest absolute Gasteiger partial charge is 0.476 e. The summed E-state index contributed by atoms with van der Waals surface area (Å²) in [5.41, 5.74) is 0.00111. The Morgan fingerprint density at radius 2 is 2.07 bits per heavy atom. The number of carboxylic acid groups (broad SMARTS) is 1. The number of aromatic carboxylic acids is 1. The van der Waals surface area contributed by atoms with Crippen molar-refractivity contribution < 1.29 is 14.7 Å². The van der Waals surface area contributed by atoms with Crippen LogP contribution < -0.4 is 0 Å². The van der Waals surface area contributed by atoms with Crippen LogP contribution in [-0.4, -0.2) is 21.8 Å². The number of hydrogen-bond donors (Lipinski definition) is 1. The molecule has 0 spiro atoms. The van der Waals surface area contributed by atoms with Gasteiger partial charge in [0.25, 0.3) is 0 Å². The van der Waals surface area contributed by atoms with Gasteiger partial charge in [-0.15, -0.1) is 0 Å². The zero-order valence-corrected chi connectivity index (χ0v) is 8.02. The van der Waals surface area contributed by atoms with Crippen molar-refractivity contribution in [2.24, 2.45) is 5.92 Å². The van der Waals surface area contributed by atoms with E-state index in [4.69, 9.17) is 5.11 Å². The fourth-order valence-electron chi connectivity index (χ4n) is 1.09. The number of rotatable bonds is 3. The van der Waals surface area contributed by atoms with Crippen molar-refractivity contribution in [1.29, 1.82) is 0 Å². The van der Waals surface area contributed by atoms with Crippen LogP contribution in [0.3, 0.4) is 0 Å². The molecule has 4 heteroatoms. The van der Waals surface area contributed by atoms with Gasteiger partial charge in [0.2, 0.25) is 0 Å². The van der Waals surface area contributed by atoms with Gasteiger partial charge in [-0.25, -0.2) is 9.78 Å². The standard InChI is InChI=1S/C10H11NO3/c1-6(2)9(12)7-4-3-5-11-8(7)10(13)14/h3-6H,1-2H3,(H,13,14). The molecule has 0 amide bonds. The lowest BCUT2D eigenvalue weighted by Crippen LogP contribution is -2.14. The topological polar surface area (TPSA) is 67.3 Å². The van der Waals surface area contributed by atoms with Gasteiger partial charge in [0.15, 0.2) is 11.5 Å². The van der Waals surface area contributed by atoms with Gasteiger partial charge in [0.1, 0.15) is 0 Å². The third-order valence-electron chi connectivity index (χ3n) is 1.80. The molecule has 0 aliphatic carbocycles. The van der Waals surface area contributed by atoms with Gasteiger partial charge in [0.05, 0.1) is 5.56 Å². The predicted octanol–water partition coefficient (Wildman–Crippen LogP) is 1.62. The second-order valence-electron chi connectivity index (χ2n) is 3.22. The van der Waals surface area contributed by atoms with Crippen LogP contribution in [-0.2, 0) is 0 Å². The van der Waals surface area contributed by atoms with Crippen LogP contribution >= 0.6 is 0 Å². The Labute approximate surface area is 81.6 Å². The smallest absolute Gasteiger partial charge is 0.355 e. The lowest BCUT2D eigenvalue weighted by Gasteiger charge is -2.05. The molecular weight excluding hydrogens is 182 g/mol. The van der Waals surface area contributed by atoms with Crippen molar-refractivity contribution in [2.45, 2.75) is 13.8 Å². The molecule has 14 heavy (non-hydrogen) atoms. The Morgan fingerprint density at radius 1 is 1.43 bits per heavy atom. The third-order valence-corrected chi connectivity index (χ3v) is 1.80. The van der Waals surface area contributed by atoms with Gasteiger partial charge in [-0.05, 0) is 12.1 Å². The van der Waals surface area contributed by atoms with E-state index in [1.165, 1.54) is 12.3 Å². The highest BCUT2D eigenvalue weighted by molar-refractivity contribution is 6.05. The van der Waals surface area contributed by atoms with Gasteiger partial charge < -0.3 is 5.11 Å². The molecule has 0 unspecified atom stereocenters. The molecule has 1 aromatic heterocycles. The highest BCUT2D eigenvalue weighted by atomic mass is 16.4. The summed E-state index contributed by atoms with van der Waals surface area (Å²) >= 11 is 0. The fraction of sp³-hybridized carbons (Fsp3) is 0.300. The molecule has 0 radical (unpaired) electrons. The zero-order valence-electron chi connectivity index (χ0n) is 8.02. The van der Waals surface area contributed by atoms with Gasteiger partial charge >= 0.3 is 5.97 Å². The lowest BCUT2D eigenvalue weighted by atomic mass is 10.00. The molecule has 0 atom stereocenters. The van der Waals surface area contributed by atoms with E-state index in [1.807, 2.05) is 0 Å². The van der Waals surface area contributed by atoms with Gasteiger partial charge in [0, 0.05) is 12.1 Å². The molecular formula is C10H11NO3. The maximum Gasteiger partial charge on any atom is 0.355 e. The van der Waals surface area contributed by atoms with E-state index in [9.17, 15) is 9.59 Å². The average molecular weight is 193 g/mol. The van der Waals surface area contributed by atoms with Gasteiger partial charge in [-0.1, -0.05) is 13.8 Å².